The molecule has 0 atom stereocenters. The molecule has 1 aliphatic rings. The third-order valence-electron chi connectivity index (χ3n) is 3.62. The summed E-state index contributed by atoms with van der Waals surface area (Å²) in [4.78, 5) is 3.11. The molecule has 0 spiro atoms. The second-order valence-electron chi connectivity index (χ2n) is 5.00. The molecule has 2 nitrogen and oxygen atoms in total. The van der Waals surface area contributed by atoms with Gasteiger partial charge in [0.15, 0.2) is 0 Å². The van der Waals surface area contributed by atoms with E-state index in [1.807, 2.05) is 65.6 Å². The standard InChI is InChI=1S/C18H22N2/c1-19-12-14-20(15-13-19)18(16-8-4-2-5-9-16)17-10-6-3-7-11-17/h2-11,18H,12-15H2,1H3/i12D2,13D2. The summed E-state index contributed by atoms with van der Waals surface area (Å²) in [7, 11) is 1.51. The van der Waals surface area contributed by atoms with Gasteiger partial charge in [0, 0.05) is 31.6 Å². The van der Waals surface area contributed by atoms with Gasteiger partial charge in [-0.1, -0.05) is 60.7 Å². The first-order chi connectivity index (χ1) is 11.3. The van der Waals surface area contributed by atoms with Gasteiger partial charge in [-0.3, -0.25) is 4.90 Å². The van der Waals surface area contributed by atoms with Crippen LogP contribution in [0.25, 0.3) is 0 Å². The van der Waals surface area contributed by atoms with Gasteiger partial charge < -0.3 is 4.90 Å². The topological polar surface area (TPSA) is 6.48 Å². The number of hydrogen-bond donors (Lipinski definition) is 0. The van der Waals surface area contributed by atoms with Crippen LogP contribution in [0, 0.1) is 0 Å². The molecule has 1 saturated heterocycles. The summed E-state index contributed by atoms with van der Waals surface area (Å²) in [6.45, 7) is -3.16. The van der Waals surface area contributed by atoms with Gasteiger partial charge >= 0.3 is 0 Å². The van der Waals surface area contributed by atoms with Crippen LogP contribution in [0.2, 0.25) is 0 Å². The van der Waals surface area contributed by atoms with Gasteiger partial charge in [-0.25, -0.2) is 0 Å². The van der Waals surface area contributed by atoms with E-state index in [9.17, 15) is 0 Å². The van der Waals surface area contributed by atoms with Gasteiger partial charge in [-0.05, 0) is 18.2 Å². The first-order valence-electron chi connectivity index (χ1n) is 8.89. The minimum Gasteiger partial charge on any atom is -0.304 e. The van der Waals surface area contributed by atoms with Gasteiger partial charge in [0.05, 0.1) is 6.04 Å². The van der Waals surface area contributed by atoms with E-state index < -0.39 is 13.0 Å². The van der Waals surface area contributed by atoms with Crippen LogP contribution >= 0.6 is 0 Å². The van der Waals surface area contributed by atoms with Crippen molar-refractivity contribution in [3.05, 3.63) is 71.8 Å². The lowest BCUT2D eigenvalue weighted by Crippen LogP contribution is -2.46. The van der Waals surface area contributed by atoms with Crippen LogP contribution in [-0.4, -0.2) is 42.9 Å². The number of piperazine rings is 1. The molecule has 1 aliphatic heterocycles. The van der Waals surface area contributed by atoms with E-state index in [-0.39, 0.29) is 19.1 Å². The lowest BCUT2D eigenvalue weighted by atomic mass is 9.96. The van der Waals surface area contributed by atoms with Gasteiger partial charge in [0.25, 0.3) is 0 Å². The van der Waals surface area contributed by atoms with Crippen LogP contribution in [0.5, 0.6) is 0 Å². The summed E-state index contributed by atoms with van der Waals surface area (Å²) in [5, 5.41) is 0. The van der Waals surface area contributed by atoms with Crippen molar-refractivity contribution in [3.8, 4) is 0 Å². The van der Waals surface area contributed by atoms with Crippen molar-refractivity contribution in [2.75, 3.05) is 33.1 Å². The third kappa shape index (κ3) is 2.92. The maximum absolute atomic E-state index is 8.25. The van der Waals surface area contributed by atoms with Crippen LogP contribution in [0.3, 0.4) is 0 Å². The maximum Gasteiger partial charge on any atom is 0.0602 e. The molecule has 20 heavy (non-hydrogen) atoms. The van der Waals surface area contributed by atoms with Gasteiger partial charge in [0.1, 0.15) is 0 Å². The quantitative estimate of drug-likeness (QED) is 0.846. The van der Waals surface area contributed by atoms with Crippen LogP contribution in [0.1, 0.15) is 22.7 Å². The Morgan fingerprint density at radius 1 is 0.850 bits per heavy atom. The van der Waals surface area contributed by atoms with Crippen molar-refractivity contribution >= 4 is 0 Å². The molecule has 104 valence electrons. The van der Waals surface area contributed by atoms with E-state index in [2.05, 4.69) is 0 Å². The SMILES string of the molecule is [2H]C1([2H])CN(C(c2ccccc2)c2ccccc2)CC([2H])([2H])N1C. The molecular formula is C18H22N2. The number of hydrogen-bond acceptors (Lipinski definition) is 2. The average Bonchev–Trinajstić information content (AvgIpc) is 2.54. The summed E-state index contributed by atoms with van der Waals surface area (Å²) >= 11 is 0. The molecule has 2 heteroatoms. The summed E-state index contributed by atoms with van der Waals surface area (Å²) < 4.78 is 33.0. The highest BCUT2D eigenvalue weighted by Gasteiger charge is 2.24. The lowest BCUT2D eigenvalue weighted by molar-refractivity contribution is 0.127. The highest BCUT2D eigenvalue weighted by Crippen LogP contribution is 2.29. The Morgan fingerprint density at radius 2 is 1.30 bits per heavy atom. The van der Waals surface area contributed by atoms with Crippen LogP contribution in [0.15, 0.2) is 60.7 Å². The fraction of sp³-hybridized carbons (Fsp3) is 0.333. The number of likely N-dealkylation sites (N-methyl/N-ethyl adjacent to an activating group) is 1. The van der Waals surface area contributed by atoms with Crippen molar-refractivity contribution in [2.45, 2.75) is 6.04 Å². The van der Waals surface area contributed by atoms with Crippen molar-refractivity contribution in [2.24, 2.45) is 0 Å². The van der Waals surface area contributed by atoms with Crippen LogP contribution in [0.4, 0.5) is 0 Å². The van der Waals surface area contributed by atoms with E-state index in [0.29, 0.717) is 0 Å². The van der Waals surface area contributed by atoms with Crippen LogP contribution < -0.4 is 0 Å². The largest absolute Gasteiger partial charge is 0.304 e. The molecule has 0 N–H and O–H groups in total. The normalized spacial score (nSPS) is 25.5. The first kappa shape index (κ1) is 9.32. The van der Waals surface area contributed by atoms with E-state index in [4.69, 9.17) is 5.48 Å². The first-order valence-corrected chi connectivity index (χ1v) is 6.89. The summed E-state index contributed by atoms with van der Waals surface area (Å²) in [5.74, 6) is 0. The molecule has 1 heterocycles. The summed E-state index contributed by atoms with van der Waals surface area (Å²) in [5.41, 5.74) is 2.08. The van der Waals surface area contributed by atoms with Crippen molar-refractivity contribution in [1.29, 1.82) is 0 Å². The molecule has 0 aromatic heterocycles. The second-order valence-corrected chi connectivity index (χ2v) is 5.00. The van der Waals surface area contributed by atoms with Gasteiger partial charge in [-0.2, -0.15) is 0 Å². The number of benzene rings is 2. The Hall–Kier alpha value is -1.64. The molecule has 3 rings (SSSR count). The Bertz CT molecular complexity index is 618. The smallest absolute Gasteiger partial charge is 0.0602 e. The zero-order valence-electron chi connectivity index (χ0n) is 15.7. The molecule has 2 aromatic carbocycles. The zero-order valence-corrected chi connectivity index (χ0v) is 11.7. The van der Waals surface area contributed by atoms with E-state index in [1.165, 1.54) is 11.9 Å². The van der Waals surface area contributed by atoms with Crippen molar-refractivity contribution < 1.29 is 5.48 Å². The molecule has 0 saturated carbocycles. The minimum atomic E-state index is -1.73. The minimum absolute atomic E-state index is 0.150. The predicted octanol–water partition coefficient (Wildman–Crippen LogP) is 3.02. The molecule has 1 fully saturated rings. The van der Waals surface area contributed by atoms with E-state index in [0.717, 1.165) is 11.1 Å². The molecule has 2 aromatic rings. The van der Waals surface area contributed by atoms with Gasteiger partial charge in [0.2, 0.25) is 0 Å². The molecule has 0 bridgehead atoms. The number of rotatable bonds is 3. The predicted molar refractivity (Wildman–Crippen MR) is 83.8 cm³/mol. The Morgan fingerprint density at radius 3 is 1.75 bits per heavy atom. The molecule has 0 aliphatic carbocycles. The third-order valence-corrected chi connectivity index (χ3v) is 3.62. The fourth-order valence-electron chi connectivity index (χ4n) is 2.57. The van der Waals surface area contributed by atoms with Crippen molar-refractivity contribution in [3.63, 3.8) is 0 Å². The summed E-state index contributed by atoms with van der Waals surface area (Å²) in [6, 6.07) is 19.6. The highest BCUT2D eigenvalue weighted by atomic mass is 15.3. The molecule has 0 radical (unpaired) electrons. The summed E-state index contributed by atoms with van der Waals surface area (Å²) in [6.07, 6.45) is 0. The fourth-order valence-corrected chi connectivity index (χ4v) is 2.57. The lowest BCUT2D eigenvalue weighted by Gasteiger charge is -2.38. The maximum atomic E-state index is 8.25. The van der Waals surface area contributed by atoms with Crippen molar-refractivity contribution in [1.82, 2.24) is 9.80 Å². The second kappa shape index (κ2) is 6.21. The Labute approximate surface area is 127 Å². The molecular weight excluding hydrogens is 244 g/mol. The van der Waals surface area contributed by atoms with Crippen LogP contribution in [-0.2, 0) is 0 Å². The Balaban J connectivity index is 2.03. The monoisotopic (exact) mass is 270 g/mol. The highest BCUT2D eigenvalue weighted by molar-refractivity contribution is 5.31. The molecule has 0 amide bonds. The average molecular weight is 270 g/mol. The zero-order chi connectivity index (χ0) is 17.4. The van der Waals surface area contributed by atoms with E-state index in [1.54, 1.807) is 0 Å². The number of nitrogens with zero attached hydrogens (tertiary/aromatic N) is 2. The van der Waals surface area contributed by atoms with E-state index >= 15 is 0 Å². The van der Waals surface area contributed by atoms with Gasteiger partial charge in [-0.15, -0.1) is 0 Å². The Kier molecular flexibility index (Phi) is 2.89. The molecule has 0 unspecified atom stereocenters.